The molecule has 1 aromatic heterocycles. The molecule has 0 saturated heterocycles. The molecule has 0 unspecified atom stereocenters. The predicted octanol–water partition coefficient (Wildman–Crippen LogP) is 3.23. The molecule has 0 saturated carbocycles. The standard InChI is InChI=1S/C8H21P.C3H4N2/c1-5-9(6-2,7-3)8-4;1-2-5-3-4-1/h9H,5-8H2,1-4H3;1-3H,(H,4,5). The van der Waals surface area contributed by atoms with Crippen LogP contribution < -0.4 is 0 Å². The van der Waals surface area contributed by atoms with Gasteiger partial charge in [0.15, 0.2) is 0 Å². The van der Waals surface area contributed by atoms with Crippen LogP contribution in [0.5, 0.6) is 0 Å². The van der Waals surface area contributed by atoms with Gasteiger partial charge in [0, 0.05) is 12.4 Å². The van der Waals surface area contributed by atoms with E-state index in [9.17, 15) is 0 Å². The third-order valence-electron chi connectivity index (χ3n) is 3.41. The fourth-order valence-electron chi connectivity index (χ4n) is 1.72. The Morgan fingerprint density at radius 1 is 1.00 bits per heavy atom. The van der Waals surface area contributed by atoms with Crippen molar-refractivity contribution in [1.29, 1.82) is 0 Å². The minimum Gasteiger partial charge on any atom is -0.351 e. The van der Waals surface area contributed by atoms with Gasteiger partial charge < -0.3 is 4.98 Å². The first kappa shape index (κ1) is 13.6. The third-order valence-corrected chi connectivity index (χ3v) is 9.41. The first-order valence-corrected chi connectivity index (χ1v) is 8.50. The maximum Gasteiger partial charge on any atom is 0.0919 e. The van der Waals surface area contributed by atoms with E-state index in [1.165, 1.54) is 24.6 Å². The Hall–Kier alpha value is -0.360. The Morgan fingerprint density at radius 3 is 1.57 bits per heavy atom. The van der Waals surface area contributed by atoms with Crippen LogP contribution >= 0.6 is 7.26 Å². The molecule has 0 amide bonds. The number of aromatic nitrogens is 2. The number of H-pyrrole nitrogens is 1. The normalized spacial score (nSPS) is 11.7. The van der Waals surface area contributed by atoms with Crippen molar-refractivity contribution in [2.24, 2.45) is 0 Å². The molecule has 0 aliphatic rings. The minimum atomic E-state index is -0.691. The molecule has 2 nitrogen and oxygen atoms in total. The van der Waals surface area contributed by atoms with Gasteiger partial charge in [-0.25, -0.2) is 4.98 Å². The zero-order valence-electron chi connectivity index (χ0n) is 10.0. The molecule has 0 atom stereocenters. The van der Waals surface area contributed by atoms with Gasteiger partial charge in [-0.2, -0.15) is 0 Å². The van der Waals surface area contributed by atoms with Crippen LogP contribution in [0, 0.1) is 0 Å². The molecule has 0 aromatic carbocycles. The number of rotatable bonds is 4. The van der Waals surface area contributed by atoms with Gasteiger partial charge >= 0.3 is 59.6 Å². The van der Waals surface area contributed by atoms with Crippen LogP contribution in [0.3, 0.4) is 0 Å². The number of hydrogen-bond donors (Lipinski definition) is 1. The van der Waals surface area contributed by atoms with Gasteiger partial charge in [0.25, 0.3) is 0 Å². The van der Waals surface area contributed by atoms with Gasteiger partial charge in [-0.1, -0.05) is 0 Å². The van der Waals surface area contributed by atoms with Gasteiger partial charge in [0.1, 0.15) is 0 Å². The first-order valence-electron chi connectivity index (χ1n) is 5.67. The second-order valence-corrected chi connectivity index (χ2v) is 9.50. The summed E-state index contributed by atoms with van der Waals surface area (Å²) < 4.78 is 0. The molecular weight excluding hydrogens is 191 g/mol. The predicted molar refractivity (Wildman–Crippen MR) is 69.1 cm³/mol. The molecule has 1 rings (SSSR count). The van der Waals surface area contributed by atoms with Crippen molar-refractivity contribution in [2.45, 2.75) is 27.7 Å². The minimum absolute atomic E-state index is 0.691. The Morgan fingerprint density at radius 2 is 1.50 bits per heavy atom. The van der Waals surface area contributed by atoms with E-state index in [4.69, 9.17) is 0 Å². The average Bonchev–Trinajstić information content (AvgIpc) is 2.80. The van der Waals surface area contributed by atoms with Crippen molar-refractivity contribution in [1.82, 2.24) is 9.97 Å². The van der Waals surface area contributed by atoms with E-state index >= 15 is 0 Å². The van der Waals surface area contributed by atoms with E-state index in [0.717, 1.165) is 0 Å². The molecule has 84 valence electrons. The zero-order valence-corrected chi connectivity index (χ0v) is 11.0. The number of nitrogens with zero attached hydrogens (tertiary/aromatic N) is 1. The summed E-state index contributed by atoms with van der Waals surface area (Å²) >= 11 is 0. The molecule has 3 heteroatoms. The summed E-state index contributed by atoms with van der Waals surface area (Å²) in [6.45, 7) is 9.46. The van der Waals surface area contributed by atoms with Crippen LogP contribution in [0.25, 0.3) is 0 Å². The van der Waals surface area contributed by atoms with Crippen LogP contribution in [0.2, 0.25) is 0 Å². The molecule has 0 radical (unpaired) electrons. The number of imidazole rings is 1. The van der Waals surface area contributed by atoms with Crippen LogP contribution in [0.1, 0.15) is 27.7 Å². The second kappa shape index (κ2) is 7.99. The summed E-state index contributed by atoms with van der Waals surface area (Å²) in [7, 11) is -0.691. The average molecular weight is 216 g/mol. The monoisotopic (exact) mass is 216 g/mol. The Labute approximate surface area is 88.9 Å². The largest absolute Gasteiger partial charge is 0.351 e. The van der Waals surface area contributed by atoms with Crippen molar-refractivity contribution in [2.75, 3.05) is 24.6 Å². The summed E-state index contributed by atoms with van der Waals surface area (Å²) in [6.07, 6.45) is 11.0. The van der Waals surface area contributed by atoms with Crippen molar-refractivity contribution >= 4 is 7.26 Å². The Balaban J connectivity index is 0.000000280. The topological polar surface area (TPSA) is 28.7 Å². The van der Waals surface area contributed by atoms with E-state index in [1.54, 1.807) is 18.7 Å². The summed E-state index contributed by atoms with van der Waals surface area (Å²) in [4.78, 5) is 6.42. The second-order valence-electron chi connectivity index (χ2n) is 3.67. The van der Waals surface area contributed by atoms with Crippen LogP contribution in [-0.4, -0.2) is 34.6 Å². The summed E-state index contributed by atoms with van der Waals surface area (Å²) in [6, 6.07) is 0. The fraction of sp³-hybridized carbons (Fsp3) is 0.727. The molecule has 1 heterocycles. The first-order chi connectivity index (χ1) is 6.74. The van der Waals surface area contributed by atoms with Crippen molar-refractivity contribution < 1.29 is 0 Å². The van der Waals surface area contributed by atoms with Crippen LogP contribution in [-0.2, 0) is 0 Å². The maximum atomic E-state index is 3.67. The SMILES string of the molecule is CC[PH](CC)(CC)CC.c1c[nH]cn1. The molecule has 1 aromatic rings. The molecule has 0 spiro atoms. The molecule has 0 bridgehead atoms. The Bertz CT molecular complexity index is 158. The molecule has 0 aliphatic carbocycles. The van der Waals surface area contributed by atoms with Gasteiger partial charge in [0.2, 0.25) is 0 Å². The van der Waals surface area contributed by atoms with Crippen molar-refractivity contribution in [3.05, 3.63) is 18.7 Å². The number of nitrogens with one attached hydrogen (secondary N) is 1. The zero-order chi connectivity index (χ0) is 10.9. The maximum absolute atomic E-state index is 3.67. The van der Waals surface area contributed by atoms with Gasteiger partial charge in [-0.15, -0.1) is 0 Å². The molecule has 0 fully saturated rings. The molecule has 1 N–H and O–H groups in total. The van der Waals surface area contributed by atoms with Gasteiger partial charge in [-0.3, -0.25) is 0 Å². The fourth-order valence-corrected chi connectivity index (χ4v) is 4.72. The number of hydrogen-bond acceptors (Lipinski definition) is 1. The van der Waals surface area contributed by atoms with Gasteiger partial charge in [0.05, 0.1) is 6.33 Å². The van der Waals surface area contributed by atoms with Crippen molar-refractivity contribution in [3.63, 3.8) is 0 Å². The van der Waals surface area contributed by atoms with E-state index in [0.29, 0.717) is 0 Å². The summed E-state index contributed by atoms with van der Waals surface area (Å²) in [5.41, 5.74) is 0. The van der Waals surface area contributed by atoms with Crippen LogP contribution in [0.15, 0.2) is 18.7 Å². The Kier molecular flexibility index (Phi) is 7.78. The van der Waals surface area contributed by atoms with E-state index in [1.807, 2.05) is 0 Å². The molecule has 14 heavy (non-hydrogen) atoms. The smallest absolute Gasteiger partial charge is 0.0919 e. The van der Waals surface area contributed by atoms with E-state index < -0.39 is 7.26 Å². The van der Waals surface area contributed by atoms with Crippen LogP contribution in [0.4, 0.5) is 0 Å². The quantitative estimate of drug-likeness (QED) is 0.769. The van der Waals surface area contributed by atoms with E-state index in [2.05, 4.69) is 37.7 Å². The molecular formula is C11H25N2P. The summed E-state index contributed by atoms with van der Waals surface area (Å²) in [5.74, 6) is 0. The van der Waals surface area contributed by atoms with Crippen molar-refractivity contribution in [3.8, 4) is 0 Å². The number of aromatic amines is 1. The third kappa shape index (κ3) is 4.76. The van der Waals surface area contributed by atoms with E-state index in [-0.39, 0.29) is 0 Å². The molecule has 0 aliphatic heterocycles. The van der Waals surface area contributed by atoms with Gasteiger partial charge in [-0.05, 0) is 0 Å². The summed E-state index contributed by atoms with van der Waals surface area (Å²) in [5, 5.41) is 0.